The summed E-state index contributed by atoms with van der Waals surface area (Å²) in [5, 5.41) is 15.3. The third kappa shape index (κ3) is 7.38. The molecule has 58 heavy (non-hydrogen) atoms. The van der Waals surface area contributed by atoms with Crippen LogP contribution in [0.5, 0.6) is 5.75 Å². The van der Waals surface area contributed by atoms with Crippen molar-refractivity contribution in [1.29, 1.82) is 5.26 Å². The molecule has 4 amide bonds. The van der Waals surface area contributed by atoms with Gasteiger partial charge < -0.3 is 29.7 Å². The maximum atomic E-state index is 13.1. The van der Waals surface area contributed by atoms with Crippen molar-refractivity contribution in [3.63, 3.8) is 0 Å². The molecule has 4 fully saturated rings. The van der Waals surface area contributed by atoms with Crippen LogP contribution in [0.2, 0.25) is 0 Å². The molecule has 14 nitrogen and oxygen atoms in total. The van der Waals surface area contributed by atoms with Crippen LogP contribution in [0.4, 0.5) is 11.4 Å². The second-order valence-electron chi connectivity index (χ2n) is 16.2. The van der Waals surface area contributed by atoms with Crippen molar-refractivity contribution in [3.05, 3.63) is 99.3 Å². The highest BCUT2D eigenvalue weighted by Crippen LogP contribution is 2.33. The van der Waals surface area contributed by atoms with E-state index in [-0.39, 0.29) is 47.6 Å². The van der Waals surface area contributed by atoms with Gasteiger partial charge in [0.05, 0.1) is 16.5 Å². The Morgan fingerprint density at radius 1 is 0.862 bits per heavy atom. The van der Waals surface area contributed by atoms with Crippen molar-refractivity contribution in [2.45, 2.75) is 63.3 Å². The van der Waals surface area contributed by atoms with E-state index in [4.69, 9.17) is 4.74 Å². The van der Waals surface area contributed by atoms with Crippen LogP contribution in [0, 0.1) is 17.2 Å². The van der Waals surface area contributed by atoms with Gasteiger partial charge in [-0.15, -0.1) is 0 Å². The lowest BCUT2D eigenvalue weighted by Gasteiger charge is -2.40. The van der Waals surface area contributed by atoms with Gasteiger partial charge in [-0.1, -0.05) is 0 Å². The van der Waals surface area contributed by atoms with E-state index in [0.717, 1.165) is 75.6 Å². The Morgan fingerprint density at radius 3 is 2.34 bits per heavy atom. The number of aromatic nitrogens is 1. The minimum Gasteiger partial charge on any atom is -0.489 e. The third-order valence-electron chi connectivity index (χ3n) is 12.6. The lowest BCUT2D eigenvalue weighted by atomic mass is 9.89. The van der Waals surface area contributed by atoms with Crippen molar-refractivity contribution < 1.29 is 23.9 Å². The highest BCUT2D eigenvalue weighted by atomic mass is 16.5. The zero-order valence-corrected chi connectivity index (χ0v) is 32.2. The largest absolute Gasteiger partial charge is 0.489 e. The van der Waals surface area contributed by atoms with Gasteiger partial charge in [-0.25, -0.2) is 0 Å². The molecule has 5 aliphatic rings. The number of imide groups is 1. The first-order chi connectivity index (χ1) is 28.2. The van der Waals surface area contributed by atoms with E-state index >= 15 is 0 Å². The second kappa shape index (κ2) is 15.6. The number of anilines is 2. The molecule has 4 aliphatic heterocycles. The lowest BCUT2D eigenvalue weighted by Crippen LogP contribution is -2.52. The number of rotatable bonds is 9. The van der Waals surface area contributed by atoms with Crippen LogP contribution in [-0.4, -0.2) is 102 Å². The number of hydrogen-bond acceptors (Lipinski definition) is 10. The minimum atomic E-state index is -0.605. The molecule has 9 rings (SSSR count). The van der Waals surface area contributed by atoms with Crippen LogP contribution in [-0.2, 0) is 16.1 Å². The standard InChI is InChI=1S/C44H46N8O6/c45-24-29-3-9-38(40-37(53)11-14-46-41(29)40)58-34-22-31(23-34)47-42(55)28-1-4-32(5-2-28)50-15-12-27(13-16-50)25-49-17-19-51(20-18-49)33-6-7-35-30(21-33)26-52(44(35)57)36-8-10-39(54)48-43(36)56/h1-7,9,11,14,21,27,31,34,36H,8,10,12-13,15-20,22-23,25-26H2,(H,46,53)(H,47,55)(H,48,54,56)/t31?,34?,36-/m0/s1. The number of hydrogen-bond donors (Lipinski definition) is 3. The molecule has 3 saturated heterocycles. The van der Waals surface area contributed by atoms with Crippen molar-refractivity contribution in [3.8, 4) is 11.8 Å². The summed E-state index contributed by atoms with van der Waals surface area (Å²) in [5.41, 5.74) is 5.07. The number of nitrogens with zero attached hydrogens (tertiary/aromatic N) is 5. The summed E-state index contributed by atoms with van der Waals surface area (Å²) in [7, 11) is 0. The van der Waals surface area contributed by atoms with E-state index in [1.807, 2.05) is 36.4 Å². The molecule has 0 spiro atoms. The normalized spacial score (nSPS) is 22.6. The molecule has 0 bridgehead atoms. The fraction of sp³-hybridized carbons (Fsp3) is 0.409. The molecule has 1 aromatic heterocycles. The van der Waals surface area contributed by atoms with Crippen LogP contribution >= 0.6 is 0 Å². The Morgan fingerprint density at radius 2 is 1.60 bits per heavy atom. The Balaban J connectivity index is 0.700. The van der Waals surface area contributed by atoms with Crippen LogP contribution in [0.3, 0.4) is 0 Å². The molecule has 3 N–H and O–H groups in total. The van der Waals surface area contributed by atoms with E-state index in [2.05, 4.69) is 42.5 Å². The number of amides is 4. The molecular formula is C44H46N8O6. The summed E-state index contributed by atoms with van der Waals surface area (Å²) < 4.78 is 6.14. The average Bonchev–Trinajstić information content (AvgIpc) is 3.55. The molecule has 0 radical (unpaired) electrons. The number of carbonyl (C=O) groups excluding carboxylic acids is 4. The molecule has 298 valence electrons. The molecule has 0 unspecified atom stereocenters. The molecule has 5 heterocycles. The highest BCUT2D eigenvalue weighted by molar-refractivity contribution is 6.05. The van der Waals surface area contributed by atoms with E-state index in [9.17, 15) is 29.2 Å². The lowest BCUT2D eigenvalue weighted by molar-refractivity contribution is -0.136. The zero-order chi connectivity index (χ0) is 39.9. The SMILES string of the molecule is N#Cc1ccc(OC2CC(NC(=O)c3ccc(N4CCC(CN5CCN(c6ccc7c(c6)CN([C@H]6CCC(=O)NC6=O)C7=O)CC5)CC4)cc3)C2)c2c(=O)cc[nH]c12. The molecule has 1 aliphatic carbocycles. The van der Waals surface area contributed by atoms with Gasteiger partial charge in [-0.3, -0.25) is 34.2 Å². The van der Waals surface area contributed by atoms with E-state index in [1.165, 1.54) is 12.3 Å². The summed E-state index contributed by atoms with van der Waals surface area (Å²) in [5.74, 6) is 0.146. The minimum absolute atomic E-state index is 0.0203. The summed E-state index contributed by atoms with van der Waals surface area (Å²) in [6.07, 6.45) is 5.49. The smallest absolute Gasteiger partial charge is 0.255 e. The first-order valence-corrected chi connectivity index (χ1v) is 20.3. The van der Waals surface area contributed by atoms with Crippen molar-refractivity contribution in [2.24, 2.45) is 5.92 Å². The number of nitrogens with one attached hydrogen (secondary N) is 3. The Hall–Kier alpha value is -6.20. The number of H-pyrrole nitrogens is 1. The number of fused-ring (bicyclic) bond motifs is 2. The molecule has 4 aromatic rings. The monoisotopic (exact) mass is 782 g/mol. The number of carbonyl (C=O) groups is 4. The first-order valence-electron chi connectivity index (χ1n) is 20.3. The third-order valence-corrected chi connectivity index (χ3v) is 12.6. The van der Waals surface area contributed by atoms with Crippen LogP contribution < -0.4 is 30.6 Å². The predicted octanol–water partition coefficient (Wildman–Crippen LogP) is 3.54. The number of benzene rings is 3. The van der Waals surface area contributed by atoms with Crippen LogP contribution in [0.15, 0.2) is 71.7 Å². The molecule has 3 aromatic carbocycles. The highest BCUT2D eigenvalue weighted by Gasteiger charge is 2.39. The fourth-order valence-electron chi connectivity index (χ4n) is 9.19. The van der Waals surface area contributed by atoms with Gasteiger partial charge in [0.1, 0.15) is 24.0 Å². The first kappa shape index (κ1) is 37.4. The summed E-state index contributed by atoms with van der Waals surface area (Å²) in [4.78, 5) is 74.8. The van der Waals surface area contributed by atoms with E-state index < -0.39 is 6.04 Å². The van der Waals surface area contributed by atoms with Gasteiger partial charge in [0.25, 0.3) is 11.8 Å². The van der Waals surface area contributed by atoms with Crippen LogP contribution in [0.1, 0.15) is 70.4 Å². The topological polar surface area (TPSA) is 171 Å². The molecule has 14 heteroatoms. The van der Waals surface area contributed by atoms with Gasteiger partial charge in [0.2, 0.25) is 11.8 Å². The van der Waals surface area contributed by atoms with Crippen LogP contribution in [0.25, 0.3) is 10.9 Å². The van der Waals surface area contributed by atoms with Gasteiger partial charge in [-0.05, 0) is 85.3 Å². The molecular weight excluding hydrogens is 737 g/mol. The predicted molar refractivity (Wildman–Crippen MR) is 217 cm³/mol. The van der Waals surface area contributed by atoms with Gasteiger partial charge in [0, 0.05) is 112 Å². The molecule has 1 atom stereocenters. The van der Waals surface area contributed by atoms with Crippen molar-refractivity contribution in [1.82, 2.24) is 25.4 Å². The number of nitriles is 1. The quantitative estimate of drug-likeness (QED) is 0.214. The van der Waals surface area contributed by atoms with Crippen molar-refractivity contribution in [2.75, 3.05) is 55.6 Å². The summed E-state index contributed by atoms with van der Waals surface area (Å²) >= 11 is 0. The summed E-state index contributed by atoms with van der Waals surface area (Å²) in [6.45, 7) is 7.20. The Kier molecular flexibility index (Phi) is 10.1. The maximum absolute atomic E-state index is 13.1. The zero-order valence-electron chi connectivity index (χ0n) is 32.2. The fourth-order valence-corrected chi connectivity index (χ4v) is 9.19. The number of pyridine rings is 1. The Labute approximate surface area is 335 Å². The number of aromatic amines is 1. The number of piperazine rings is 1. The maximum Gasteiger partial charge on any atom is 0.255 e. The number of piperidine rings is 2. The van der Waals surface area contributed by atoms with E-state index in [1.54, 1.807) is 17.0 Å². The average molecular weight is 783 g/mol. The number of ether oxygens (including phenoxy) is 1. The second-order valence-corrected chi connectivity index (χ2v) is 16.2. The van der Waals surface area contributed by atoms with Gasteiger partial charge >= 0.3 is 0 Å². The van der Waals surface area contributed by atoms with E-state index in [0.29, 0.717) is 65.1 Å². The van der Waals surface area contributed by atoms with Gasteiger partial charge in [-0.2, -0.15) is 5.26 Å². The Bertz CT molecular complexity index is 2370. The van der Waals surface area contributed by atoms with Crippen molar-refractivity contribution >= 4 is 45.9 Å². The summed E-state index contributed by atoms with van der Waals surface area (Å²) in [6, 6.07) is 20.1. The molecule has 1 saturated carbocycles. The van der Waals surface area contributed by atoms with Gasteiger partial charge in [0.15, 0.2) is 5.43 Å².